The number of aromatic nitrogens is 1. The predicted molar refractivity (Wildman–Crippen MR) is 71.0 cm³/mol. The Bertz CT molecular complexity index is 630. The largest absolute Gasteiger partial charge is 0.345 e. The standard InChI is InChI=1S/C13H15F2N3O3/c1-17-6-8(4-11(17)19)12(20)16-9-5-10(15)13(21)18(7-9)3-2-14/h5,7-8H,2-4,6H2,1H3,(H,16,20). The van der Waals surface area contributed by atoms with Gasteiger partial charge in [0.25, 0.3) is 5.56 Å². The molecule has 1 saturated heterocycles. The molecule has 1 aliphatic heterocycles. The number of halogens is 2. The lowest BCUT2D eigenvalue weighted by Gasteiger charge is -2.12. The SMILES string of the molecule is CN1CC(C(=O)Nc2cc(F)c(=O)n(CCF)c2)CC1=O. The number of likely N-dealkylation sites (tertiary alicyclic amines) is 1. The van der Waals surface area contributed by atoms with Crippen LogP contribution in [0, 0.1) is 11.7 Å². The van der Waals surface area contributed by atoms with Crippen LogP contribution in [0.4, 0.5) is 14.5 Å². The smallest absolute Gasteiger partial charge is 0.286 e. The number of pyridine rings is 1. The summed E-state index contributed by atoms with van der Waals surface area (Å²) in [5, 5.41) is 2.45. The van der Waals surface area contributed by atoms with Crippen molar-refractivity contribution in [2.75, 3.05) is 25.6 Å². The first-order chi connectivity index (χ1) is 9.92. The molecule has 1 aromatic rings. The number of rotatable bonds is 4. The number of carbonyl (C=O) groups excluding carboxylic acids is 2. The maximum Gasteiger partial charge on any atom is 0.286 e. The van der Waals surface area contributed by atoms with Crippen molar-refractivity contribution in [3.05, 3.63) is 28.4 Å². The number of amides is 2. The van der Waals surface area contributed by atoms with Gasteiger partial charge in [-0.25, -0.2) is 8.78 Å². The number of nitrogens with one attached hydrogen (secondary N) is 1. The Kier molecular flexibility index (Phi) is 4.35. The first-order valence-electron chi connectivity index (χ1n) is 6.43. The van der Waals surface area contributed by atoms with Crippen LogP contribution < -0.4 is 10.9 Å². The fourth-order valence-corrected chi connectivity index (χ4v) is 2.21. The molecule has 0 spiro atoms. The monoisotopic (exact) mass is 299 g/mol. The van der Waals surface area contributed by atoms with Gasteiger partial charge in [-0.3, -0.25) is 14.4 Å². The second-order valence-corrected chi connectivity index (χ2v) is 4.93. The van der Waals surface area contributed by atoms with Crippen molar-refractivity contribution >= 4 is 17.5 Å². The van der Waals surface area contributed by atoms with E-state index < -0.39 is 29.9 Å². The van der Waals surface area contributed by atoms with Gasteiger partial charge in [0.2, 0.25) is 11.8 Å². The van der Waals surface area contributed by atoms with Crippen LogP contribution in [0.5, 0.6) is 0 Å². The molecule has 2 amide bonds. The Balaban J connectivity index is 2.14. The van der Waals surface area contributed by atoms with E-state index in [4.69, 9.17) is 0 Å². The van der Waals surface area contributed by atoms with Crippen molar-refractivity contribution in [1.29, 1.82) is 0 Å². The van der Waals surface area contributed by atoms with Crippen LogP contribution in [0.2, 0.25) is 0 Å². The topological polar surface area (TPSA) is 71.4 Å². The molecule has 6 nitrogen and oxygen atoms in total. The predicted octanol–water partition coefficient (Wildman–Crippen LogP) is 0.374. The van der Waals surface area contributed by atoms with E-state index in [1.807, 2.05) is 0 Å². The molecule has 1 unspecified atom stereocenters. The number of hydrogen-bond donors (Lipinski definition) is 1. The average molecular weight is 299 g/mol. The average Bonchev–Trinajstić information content (AvgIpc) is 2.76. The summed E-state index contributed by atoms with van der Waals surface area (Å²) >= 11 is 0. The zero-order chi connectivity index (χ0) is 15.6. The van der Waals surface area contributed by atoms with Crippen molar-refractivity contribution in [1.82, 2.24) is 9.47 Å². The summed E-state index contributed by atoms with van der Waals surface area (Å²) in [6.07, 6.45) is 1.28. The van der Waals surface area contributed by atoms with Crippen molar-refractivity contribution in [3.8, 4) is 0 Å². The number of anilines is 1. The minimum atomic E-state index is -1.07. The fraction of sp³-hybridized carbons (Fsp3) is 0.462. The van der Waals surface area contributed by atoms with Gasteiger partial charge in [0, 0.05) is 32.3 Å². The van der Waals surface area contributed by atoms with Gasteiger partial charge in [0.05, 0.1) is 18.2 Å². The van der Waals surface area contributed by atoms with Gasteiger partial charge < -0.3 is 14.8 Å². The second-order valence-electron chi connectivity index (χ2n) is 4.93. The Morgan fingerprint density at radius 3 is 2.76 bits per heavy atom. The molecule has 0 aromatic carbocycles. The van der Waals surface area contributed by atoms with Crippen LogP contribution >= 0.6 is 0 Å². The molecule has 21 heavy (non-hydrogen) atoms. The second kappa shape index (κ2) is 6.02. The van der Waals surface area contributed by atoms with Gasteiger partial charge in [-0.05, 0) is 0 Å². The Hall–Kier alpha value is -2.25. The van der Waals surface area contributed by atoms with Gasteiger partial charge in [0.1, 0.15) is 6.67 Å². The maximum absolute atomic E-state index is 13.4. The van der Waals surface area contributed by atoms with E-state index in [-0.39, 0.29) is 31.1 Å². The number of carbonyl (C=O) groups is 2. The quantitative estimate of drug-likeness (QED) is 0.873. The molecule has 0 saturated carbocycles. The summed E-state index contributed by atoms with van der Waals surface area (Å²) in [7, 11) is 1.59. The highest BCUT2D eigenvalue weighted by Crippen LogP contribution is 2.18. The minimum Gasteiger partial charge on any atom is -0.345 e. The molecule has 1 aliphatic rings. The highest BCUT2D eigenvalue weighted by atomic mass is 19.1. The highest BCUT2D eigenvalue weighted by molar-refractivity contribution is 5.97. The zero-order valence-corrected chi connectivity index (χ0v) is 11.4. The molecule has 114 valence electrons. The third kappa shape index (κ3) is 3.26. The van der Waals surface area contributed by atoms with Gasteiger partial charge >= 0.3 is 0 Å². The van der Waals surface area contributed by atoms with E-state index in [0.29, 0.717) is 0 Å². The molecule has 1 atom stereocenters. The first-order valence-corrected chi connectivity index (χ1v) is 6.43. The maximum atomic E-state index is 13.4. The van der Waals surface area contributed by atoms with Crippen molar-refractivity contribution in [3.63, 3.8) is 0 Å². The molecule has 0 radical (unpaired) electrons. The molecule has 2 rings (SSSR count). The van der Waals surface area contributed by atoms with Crippen LogP contribution in [0.3, 0.4) is 0 Å². The number of nitrogens with zero attached hydrogens (tertiary/aromatic N) is 2. The van der Waals surface area contributed by atoms with Gasteiger partial charge in [-0.15, -0.1) is 0 Å². The van der Waals surface area contributed by atoms with Crippen LogP contribution in [0.1, 0.15) is 6.42 Å². The summed E-state index contributed by atoms with van der Waals surface area (Å²) in [5.41, 5.74) is -0.881. The van der Waals surface area contributed by atoms with E-state index in [9.17, 15) is 23.2 Å². The lowest BCUT2D eigenvalue weighted by atomic mass is 10.1. The van der Waals surface area contributed by atoms with Crippen molar-refractivity contribution in [2.24, 2.45) is 5.92 Å². The fourth-order valence-electron chi connectivity index (χ4n) is 2.21. The lowest BCUT2D eigenvalue weighted by molar-refractivity contribution is -0.127. The summed E-state index contributed by atoms with van der Waals surface area (Å²) in [5.74, 6) is -2.16. The molecule has 1 N–H and O–H groups in total. The van der Waals surface area contributed by atoms with E-state index >= 15 is 0 Å². The third-order valence-corrected chi connectivity index (χ3v) is 3.35. The molecule has 0 aliphatic carbocycles. The third-order valence-electron chi connectivity index (χ3n) is 3.35. The first kappa shape index (κ1) is 15.1. The number of alkyl halides is 1. The van der Waals surface area contributed by atoms with Crippen LogP contribution in [0.15, 0.2) is 17.1 Å². The van der Waals surface area contributed by atoms with Crippen LogP contribution in [-0.2, 0) is 16.1 Å². The Labute approximate surface area is 119 Å². The molecular weight excluding hydrogens is 284 g/mol. The molecule has 8 heteroatoms. The van der Waals surface area contributed by atoms with Gasteiger partial charge in [-0.2, -0.15) is 0 Å². The zero-order valence-electron chi connectivity index (χ0n) is 11.4. The summed E-state index contributed by atoms with van der Waals surface area (Å²) in [4.78, 5) is 36.2. The summed E-state index contributed by atoms with van der Waals surface area (Å²) in [6.45, 7) is -0.819. The van der Waals surface area contributed by atoms with Crippen molar-refractivity contribution < 1.29 is 18.4 Å². The van der Waals surface area contributed by atoms with E-state index in [1.165, 1.54) is 11.1 Å². The number of hydrogen-bond acceptors (Lipinski definition) is 3. The summed E-state index contributed by atoms with van der Waals surface area (Å²) in [6, 6.07) is 0.884. The van der Waals surface area contributed by atoms with E-state index in [2.05, 4.69) is 5.32 Å². The van der Waals surface area contributed by atoms with E-state index in [0.717, 1.165) is 10.6 Å². The molecule has 0 bridgehead atoms. The lowest BCUT2D eigenvalue weighted by Crippen LogP contribution is -2.28. The molecular formula is C13H15F2N3O3. The van der Waals surface area contributed by atoms with Crippen molar-refractivity contribution in [2.45, 2.75) is 13.0 Å². The summed E-state index contributed by atoms with van der Waals surface area (Å²) < 4.78 is 26.6. The highest BCUT2D eigenvalue weighted by Gasteiger charge is 2.32. The number of aryl methyl sites for hydroxylation is 1. The molecule has 1 aromatic heterocycles. The molecule has 1 fully saturated rings. The van der Waals surface area contributed by atoms with Crippen LogP contribution in [-0.4, -0.2) is 41.5 Å². The Morgan fingerprint density at radius 2 is 2.19 bits per heavy atom. The molecule has 2 heterocycles. The van der Waals surface area contributed by atoms with Gasteiger partial charge in [0.15, 0.2) is 5.82 Å². The Morgan fingerprint density at radius 1 is 1.48 bits per heavy atom. The van der Waals surface area contributed by atoms with Gasteiger partial charge in [-0.1, -0.05) is 0 Å². The van der Waals surface area contributed by atoms with Crippen LogP contribution in [0.25, 0.3) is 0 Å². The normalized spacial score (nSPS) is 18.1. The van der Waals surface area contributed by atoms with E-state index in [1.54, 1.807) is 7.05 Å². The minimum absolute atomic E-state index is 0.0625.